The fourth-order valence-corrected chi connectivity index (χ4v) is 5.03. The summed E-state index contributed by atoms with van der Waals surface area (Å²) in [5, 5.41) is 0. The highest BCUT2D eigenvalue weighted by atomic mass is 32.2. The summed E-state index contributed by atoms with van der Waals surface area (Å²) in [5.74, 6) is 3.64. The van der Waals surface area contributed by atoms with E-state index in [9.17, 15) is 0 Å². The highest BCUT2D eigenvalue weighted by molar-refractivity contribution is 7.99. The number of hydrogen-bond donors (Lipinski definition) is 0. The first kappa shape index (κ1) is 17.0. The number of fused-ring (bicyclic) bond motifs is 1. The van der Waals surface area contributed by atoms with Crippen molar-refractivity contribution in [3.05, 3.63) is 89.5 Å². The van der Waals surface area contributed by atoms with Gasteiger partial charge >= 0.3 is 0 Å². The molecule has 0 bridgehead atoms. The van der Waals surface area contributed by atoms with Crippen molar-refractivity contribution in [2.75, 3.05) is 20.0 Å². The summed E-state index contributed by atoms with van der Waals surface area (Å²) in [4.78, 5) is 1.32. The van der Waals surface area contributed by atoms with Gasteiger partial charge in [-0.15, -0.1) is 11.8 Å². The largest absolute Gasteiger partial charge is 0.497 e. The molecule has 2 nitrogen and oxygen atoms in total. The van der Waals surface area contributed by atoms with Gasteiger partial charge in [0.1, 0.15) is 11.5 Å². The minimum absolute atomic E-state index is 0.340. The fourth-order valence-electron chi connectivity index (χ4n) is 3.73. The Labute approximate surface area is 159 Å². The van der Waals surface area contributed by atoms with E-state index in [1.54, 1.807) is 14.2 Å². The molecule has 3 aromatic carbocycles. The Bertz CT molecular complexity index is 874. The van der Waals surface area contributed by atoms with Crippen LogP contribution in [0.25, 0.3) is 0 Å². The molecular weight excluding hydrogens is 340 g/mol. The van der Waals surface area contributed by atoms with Gasteiger partial charge in [0.05, 0.1) is 14.2 Å². The molecule has 3 aromatic rings. The first-order chi connectivity index (χ1) is 12.8. The monoisotopic (exact) mass is 362 g/mol. The third kappa shape index (κ3) is 3.19. The third-order valence-corrected chi connectivity index (χ3v) is 6.27. The summed E-state index contributed by atoms with van der Waals surface area (Å²) in [6.07, 6.45) is 0. The van der Waals surface area contributed by atoms with E-state index in [1.165, 1.54) is 21.6 Å². The number of rotatable bonds is 4. The number of benzene rings is 3. The summed E-state index contributed by atoms with van der Waals surface area (Å²) in [6, 6.07) is 25.8. The van der Waals surface area contributed by atoms with Crippen LogP contribution in [0.5, 0.6) is 11.5 Å². The minimum atomic E-state index is 0.340. The zero-order chi connectivity index (χ0) is 17.9. The molecule has 2 atom stereocenters. The molecule has 0 fully saturated rings. The van der Waals surface area contributed by atoms with E-state index in [0.29, 0.717) is 11.8 Å². The Morgan fingerprint density at radius 1 is 0.769 bits per heavy atom. The van der Waals surface area contributed by atoms with Crippen LogP contribution >= 0.6 is 11.8 Å². The van der Waals surface area contributed by atoms with Gasteiger partial charge in [0.15, 0.2) is 0 Å². The van der Waals surface area contributed by atoms with E-state index in [4.69, 9.17) is 9.47 Å². The quantitative estimate of drug-likeness (QED) is 0.591. The van der Waals surface area contributed by atoms with Crippen LogP contribution in [0.4, 0.5) is 0 Å². The predicted octanol–water partition coefficient (Wildman–Crippen LogP) is 5.73. The summed E-state index contributed by atoms with van der Waals surface area (Å²) >= 11 is 1.92. The van der Waals surface area contributed by atoms with Gasteiger partial charge in [-0.1, -0.05) is 48.5 Å². The average molecular weight is 362 g/mol. The SMILES string of the molecule is COc1ccc(C2CSc3cc(OC)ccc3C2c2ccccc2)cc1. The molecule has 0 saturated heterocycles. The van der Waals surface area contributed by atoms with Crippen LogP contribution < -0.4 is 9.47 Å². The highest BCUT2D eigenvalue weighted by Gasteiger charge is 2.32. The van der Waals surface area contributed by atoms with Gasteiger partial charge in [0.25, 0.3) is 0 Å². The molecule has 0 N–H and O–H groups in total. The molecule has 0 spiro atoms. The number of thioether (sulfide) groups is 1. The Hall–Kier alpha value is -2.39. The van der Waals surface area contributed by atoms with Gasteiger partial charge in [0.2, 0.25) is 0 Å². The second kappa shape index (κ2) is 7.46. The second-order valence-electron chi connectivity index (χ2n) is 6.48. The lowest BCUT2D eigenvalue weighted by molar-refractivity contribution is 0.413. The van der Waals surface area contributed by atoms with Crippen molar-refractivity contribution in [3.63, 3.8) is 0 Å². The zero-order valence-electron chi connectivity index (χ0n) is 15.0. The van der Waals surface area contributed by atoms with Gasteiger partial charge in [0, 0.05) is 22.5 Å². The lowest BCUT2D eigenvalue weighted by Gasteiger charge is -2.34. The molecule has 3 heteroatoms. The predicted molar refractivity (Wildman–Crippen MR) is 108 cm³/mol. The standard InChI is InChI=1S/C23H22O2S/c1-24-18-10-8-16(9-11-18)21-15-26-22-14-19(25-2)12-13-20(22)23(21)17-6-4-3-5-7-17/h3-14,21,23H,15H2,1-2H3. The normalized spacial score (nSPS) is 18.8. The maximum atomic E-state index is 5.43. The minimum Gasteiger partial charge on any atom is -0.497 e. The van der Waals surface area contributed by atoms with Crippen LogP contribution in [0.3, 0.4) is 0 Å². The smallest absolute Gasteiger partial charge is 0.119 e. The molecule has 1 heterocycles. The topological polar surface area (TPSA) is 18.5 Å². The van der Waals surface area contributed by atoms with Crippen molar-refractivity contribution >= 4 is 11.8 Å². The lowest BCUT2D eigenvalue weighted by atomic mass is 9.77. The molecule has 4 rings (SSSR count). The molecule has 132 valence electrons. The molecule has 0 aromatic heterocycles. The molecule has 0 radical (unpaired) electrons. The maximum Gasteiger partial charge on any atom is 0.119 e. The molecule has 26 heavy (non-hydrogen) atoms. The molecule has 0 saturated carbocycles. The van der Waals surface area contributed by atoms with Crippen LogP contribution in [-0.4, -0.2) is 20.0 Å². The van der Waals surface area contributed by atoms with Crippen molar-refractivity contribution in [3.8, 4) is 11.5 Å². The van der Waals surface area contributed by atoms with Gasteiger partial charge < -0.3 is 9.47 Å². The van der Waals surface area contributed by atoms with Gasteiger partial charge in [-0.05, 0) is 41.0 Å². The Morgan fingerprint density at radius 2 is 1.46 bits per heavy atom. The first-order valence-electron chi connectivity index (χ1n) is 8.80. The molecule has 2 unspecified atom stereocenters. The van der Waals surface area contributed by atoms with E-state index in [0.717, 1.165) is 17.3 Å². The Morgan fingerprint density at radius 3 is 2.15 bits per heavy atom. The summed E-state index contributed by atoms with van der Waals surface area (Å²) < 4.78 is 10.8. The first-order valence-corrected chi connectivity index (χ1v) is 9.78. The van der Waals surface area contributed by atoms with Gasteiger partial charge in [-0.3, -0.25) is 0 Å². The van der Waals surface area contributed by atoms with Crippen molar-refractivity contribution in [1.29, 1.82) is 0 Å². The zero-order valence-corrected chi connectivity index (χ0v) is 15.8. The fraction of sp³-hybridized carbons (Fsp3) is 0.217. The van der Waals surface area contributed by atoms with Gasteiger partial charge in [-0.25, -0.2) is 0 Å². The van der Waals surface area contributed by atoms with Crippen molar-refractivity contribution in [2.45, 2.75) is 16.7 Å². The number of methoxy groups -OCH3 is 2. The van der Waals surface area contributed by atoms with Crippen molar-refractivity contribution < 1.29 is 9.47 Å². The molecule has 0 aliphatic carbocycles. The van der Waals surface area contributed by atoms with Crippen LogP contribution in [0.2, 0.25) is 0 Å². The van der Waals surface area contributed by atoms with E-state index in [2.05, 4.69) is 72.8 Å². The molecule has 1 aliphatic rings. The second-order valence-corrected chi connectivity index (χ2v) is 7.54. The Kier molecular flexibility index (Phi) is 4.89. The maximum absolute atomic E-state index is 5.43. The molecule has 0 amide bonds. The Balaban J connectivity index is 1.80. The number of hydrogen-bond acceptors (Lipinski definition) is 3. The van der Waals surface area contributed by atoms with E-state index < -0.39 is 0 Å². The lowest BCUT2D eigenvalue weighted by Crippen LogP contribution is -2.20. The van der Waals surface area contributed by atoms with E-state index in [1.807, 2.05) is 11.8 Å². The van der Waals surface area contributed by atoms with Crippen molar-refractivity contribution in [1.82, 2.24) is 0 Å². The van der Waals surface area contributed by atoms with Crippen LogP contribution in [0.15, 0.2) is 77.7 Å². The molecular formula is C23H22O2S. The van der Waals surface area contributed by atoms with E-state index in [-0.39, 0.29) is 0 Å². The van der Waals surface area contributed by atoms with Crippen LogP contribution in [0.1, 0.15) is 28.5 Å². The third-order valence-electron chi connectivity index (χ3n) is 5.08. The highest BCUT2D eigenvalue weighted by Crippen LogP contribution is 2.49. The number of ether oxygens (including phenoxy) is 2. The molecule has 1 aliphatic heterocycles. The average Bonchev–Trinajstić information content (AvgIpc) is 2.73. The van der Waals surface area contributed by atoms with E-state index >= 15 is 0 Å². The summed E-state index contributed by atoms with van der Waals surface area (Å²) in [6.45, 7) is 0. The van der Waals surface area contributed by atoms with Gasteiger partial charge in [-0.2, -0.15) is 0 Å². The van der Waals surface area contributed by atoms with Crippen LogP contribution in [-0.2, 0) is 0 Å². The van der Waals surface area contributed by atoms with Crippen LogP contribution in [0, 0.1) is 0 Å². The summed E-state index contributed by atoms with van der Waals surface area (Å²) in [5.41, 5.74) is 4.10. The summed E-state index contributed by atoms with van der Waals surface area (Å²) in [7, 11) is 3.44. The van der Waals surface area contributed by atoms with Crippen molar-refractivity contribution in [2.24, 2.45) is 0 Å².